The molecule has 0 spiro atoms. The van der Waals surface area contributed by atoms with Crippen molar-refractivity contribution in [3.8, 4) is 0 Å². The monoisotopic (exact) mass is 276 g/mol. The Balaban J connectivity index is 1.63. The second-order valence-corrected chi connectivity index (χ2v) is 5.27. The van der Waals surface area contributed by atoms with Gasteiger partial charge in [0.2, 0.25) is 0 Å². The lowest BCUT2D eigenvalue weighted by atomic mass is 9.98. The van der Waals surface area contributed by atoms with Gasteiger partial charge >= 0.3 is 6.03 Å². The third-order valence-electron chi connectivity index (χ3n) is 3.69. The average molecular weight is 276 g/mol. The second kappa shape index (κ2) is 7.90. The predicted molar refractivity (Wildman–Crippen MR) is 79.5 cm³/mol. The summed E-state index contributed by atoms with van der Waals surface area (Å²) in [5.74, 6) is 0.574. The van der Waals surface area contributed by atoms with Gasteiger partial charge in [-0.2, -0.15) is 0 Å². The maximum absolute atomic E-state index is 11.7. The molecule has 4 nitrogen and oxygen atoms in total. The number of ether oxygens (including phenoxy) is 1. The molecule has 1 aromatic rings. The Kier molecular flexibility index (Phi) is 5.87. The summed E-state index contributed by atoms with van der Waals surface area (Å²) in [6.07, 6.45) is 2.07. The molecular formula is C16H24N2O2. The molecule has 1 saturated heterocycles. The van der Waals surface area contributed by atoms with E-state index in [0.717, 1.165) is 32.5 Å². The van der Waals surface area contributed by atoms with Crippen molar-refractivity contribution < 1.29 is 9.53 Å². The number of urea groups is 1. The minimum absolute atomic E-state index is 0.0659. The van der Waals surface area contributed by atoms with Crippen molar-refractivity contribution in [2.75, 3.05) is 26.2 Å². The zero-order chi connectivity index (χ0) is 14.2. The average Bonchev–Trinajstić information content (AvgIpc) is 2.49. The van der Waals surface area contributed by atoms with Crippen LogP contribution in [-0.4, -0.2) is 37.2 Å². The van der Waals surface area contributed by atoms with Crippen LogP contribution in [0.15, 0.2) is 30.3 Å². The van der Waals surface area contributed by atoms with Crippen LogP contribution in [0.25, 0.3) is 0 Å². The van der Waals surface area contributed by atoms with E-state index in [4.69, 9.17) is 4.74 Å². The summed E-state index contributed by atoms with van der Waals surface area (Å²) < 4.78 is 5.78. The Hall–Kier alpha value is -1.55. The Morgan fingerprint density at radius 2 is 2.00 bits per heavy atom. The van der Waals surface area contributed by atoms with Gasteiger partial charge in [0.1, 0.15) is 0 Å². The van der Waals surface area contributed by atoms with E-state index in [1.165, 1.54) is 5.56 Å². The van der Waals surface area contributed by atoms with Gasteiger partial charge in [-0.25, -0.2) is 4.79 Å². The molecule has 110 valence electrons. The number of amides is 2. The molecule has 2 rings (SSSR count). The van der Waals surface area contributed by atoms with Crippen LogP contribution < -0.4 is 5.32 Å². The Labute approximate surface area is 121 Å². The van der Waals surface area contributed by atoms with E-state index < -0.39 is 0 Å². The Bertz CT molecular complexity index is 400. The van der Waals surface area contributed by atoms with Crippen LogP contribution in [-0.2, 0) is 11.3 Å². The van der Waals surface area contributed by atoms with E-state index in [9.17, 15) is 4.79 Å². The van der Waals surface area contributed by atoms with Crippen LogP contribution in [0.4, 0.5) is 4.79 Å². The van der Waals surface area contributed by atoms with Crippen molar-refractivity contribution in [3.63, 3.8) is 0 Å². The molecule has 2 amide bonds. The number of carbonyl (C=O) groups is 1. The fourth-order valence-electron chi connectivity index (χ4n) is 2.48. The summed E-state index contributed by atoms with van der Waals surface area (Å²) >= 11 is 0. The van der Waals surface area contributed by atoms with Gasteiger partial charge in [-0.1, -0.05) is 30.3 Å². The molecule has 1 heterocycles. The summed E-state index contributed by atoms with van der Waals surface area (Å²) in [5, 5.41) is 2.85. The lowest BCUT2D eigenvalue weighted by Gasteiger charge is -2.31. The number of hydrogen-bond acceptors (Lipinski definition) is 2. The molecule has 0 aromatic heterocycles. The third kappa shape index (κ3) is 4.53. The minimum Gasteiger partial charge on any atom is -0.376 e. The van der Waals surface area contributed by atoms with Gasteiger partial charge in [0, 0.05) is 26.2 Å². The van der Waals surface area contributed by atoms with Crippen LogP contribution >= 0.6 is 0 Å². The van der Waals surface area contributed by atoms with Gasteiger partial charge in [0.15, 0.2) is 0 Å². The molecule has 1 aromatic carbocycles. The van der Waals surface area contributed by atoms with Crippen LogP contribution in [0.2, 0.25) is 0 Å². The number of piperidine rings is 1. The van der Waals surface area contributed by atoms with Crippen molar-refractivity contribution in [1.82, 2.24) is 10.2 Å². The molecule has 1 N–H and O–H groups in total. The first kappa shape index (κ1) is 14.9. The smallest absolute Gasteiger partial charge is 0.317 e. The fourth-order valence-corrected chi connectivity index (χ4v) is 2.48. The first-order chi connectivity index (χ1) is 9.79. The van der Waals surface area contributed by atoms with E-state index in [2.05, 4.69) is 17.4 Å². The molecular weight excluding hydrogens is 252 g/mol. The number of nitrogens with one attached hydrogen (secondary N) is 1. The van der Waals surface area contributed by atoms with Gasteiger partial charge in [-0.15, -0.1) is 0 Å². The van der Waals surface area contributed by atoms with Crippen molar-refractivity contribution in [1.29, 1.82) is 0 Å². The van der Waals surface area contributed by atoms with E-state index in [1.807, 2.05) is 30.0 Å². The highest BCUT2D eigenvalue weighted by Crippen LogP contribution is 2.18. The van der Waals surface area contributed by atoms with Crippen molar-refractivity contribution in [2.45, 2.75) is 26.4 Å². The highest BCUT2D eigenvalue weighted by atomic mass is 16.5. The highest BCUT2D eigenvalue weighted by molar-refractivity contribution is 5.74. The molecule has 1 fully saturated rings. The largest absolute Gasteiger partial charge is 0.376 e. The van der Waals surface area contributed by atoms with Crippen LogP contribution in [0, 0.1) is 5.92 Å². The van der Waals surface area contributed by atoms with E-state index in [0.29, 0.717) is 19.1 Å². The van der Waals surface area contributed by atoms with Crippen LogP contribution in [0.5, 0.6) is 0 Å². The van der Waals surface area contributed by atoms with Gasteiger partial charge in [-0.3, -0.25) is 0 Å². The number of benzene rings is 1. The summed E-state index contributed by atoms with van der Waals surface area (Å²) in [6.45, 7) is 5.78. The molecule has 0 aliphatic carbocycles. The van der Waals surface area contributed by atoms with Gasteiger partial charge in [0.05, 0.1) is 6.61 Å². The summed E-state index contributed by atoms with van der Waals surface area (Å²) in [4.78, 5) is 13.6. The second-order valence-electron chi connectivity index (χ2n) is 5.27. The van der Waals surface area contributed by atoms with Gasteiger partial charge in [-0.05, 0) is 31.2 Å². The standard InChI is InChI=1S/C16H24N2O2/c1-2-17-16(19)18-10-8-15(9-11-18)13-20-12-14-6-4-3-5-7-14/h3-7,15H,2,8-13H2,1H3,(H,17,19). The lowest BCUT2D eigenvalue weighted by molar-refractivity contribution is 0.0630. The van der Waals surface area contributed by atoms with Gasteiger partial charge in [0.25, 0.3) is 0 Å². The first-order valence-electron chi connectivity index (χ1n) is 7.44. The molecule has 0 unspecified atom stereocenters. The van der Waals surface area contributed by atoms with E-state index >= 15 is 0 Å². The number of carbonyl (C=O) groups excluding carboxylic acids is 1. The first-order valence-corrected chi connectivity index (χ1v) is 7.44. The SMILES string of the molecule is CCNC(=O)N1CCC(COCc2ccccc2)CC1. The Morgan fingerprint density at radius 3 is 2.65 bits per heavy atom. The lowest BCUT2D eigenvalue weighted by Crippen LogP contribution is -2.44. The number of rotatable bonds is 5. The van der Waals surface area contributed by atoms with Crippen molar-refractivity contribution in [3.05, 3.63) is 35.9 Å². The highest BCUT2D eigenvalue weighted by Gasteiger charge is 2.22. The maximum atomic E-state index is 11.7. The van der Waals surface area contributed by atoms with Crippen LogP contribution in [0.3, 0.4) is 0 Å². The normalized spacial score (nSPS) is 16.1. The van der Waals surface area contributed by atoms with E-state index in [-0.39, 0.29) is 6.03 Å². The molecule has 1 aliphatic rings. The molecule has 4 heteroatoms. The maximum Gasteiger partial charge on any atom is 0.317 e. The molecule has 20 heavy (non-hydrogen) atoms. The fraction of sp³-hybridized carbons (Fsp3) is 0.562. The number of likely N-dealkylation sites (tertiary alicyclic amines) is 1. The number of nitrogens with zero attached hydrogens (tertiary/aromatic N) is 1. The summed E-state index contributed by atoms with van der Waals surface area (Å²) in [6, 6.07) is 10.3. The quantitative estimate of drug-likeness (QED) is 0.898. The summed E-state index contributed by atoms with van der Waals surface area (Å²) in [5.41, 5.74) is 1.22. The molecule has 0 saturated carbocycles. The van der Waals surface area contributed by atoms with Gasteiger partial charge < -0.3 is 15.0 Å². The minimum atomic E-state index is 0.0659. The summed E-state index contributed by atoms with van der Waals surface area (Å²) in [7, 11) is 0. The topological polar surface area (TPSA) is 41.6 Å². The van der Waals surface area contributed by atoms with Crippen molar-refractivity contribution >= 4 is 6.03 Å². The zero-order valence-corrected chi connectivity index (χ0v) is 12.2. The molecule has 0 atom stereocenters. The Morgan fingerprint density at radius 1 is 1.30 bits per heavy atom. The van der Waals surface area contributed by atoms with Crippen LogP contribution in [0.1, 0.15) is 25.3 Å². The number of hydrogen-bond donors (Lipinski definition) is 1. The van der Waals surface area contributed by atoms with E-state index in [1.54, 1.807) is 0 Å². The zero-order valence-electron chi connectivity index (χ0n) is 12.2. The third-order valence-corrected chi connectivity index (χ3v) is 3.69. The molecule has 0 bridgehead atoms. The van der Waals surface area contributed by atoms with Crippen molar-refractivity contribution in [2.24, 2.45) is 5.92 Å². The predicted octanol–water partition coefficient (Wildman–Crippen LogP) is 2.64. The molecule has 0 radical (unpaired) electrons. The molecule has 1 aliphatic heterocycles.